The topological polar surface area (TPSA) is 27.0 Å². The van der Waals surface area contributed by atoms with Crippen molar-refractivity contribution in [2.24, 2.45) is 5.92 Å². The summed E-state index contributed by atoms with van der Waals surface area (Å²) in [5.41, 5.74) is 0. The number of hydrogen-bond acceptors (Lipinski definition) is 2. The molecule has 2 aliphatic rings. The predicted octanol–water partition coefficient (Wildman–Crippen LogP) is 2.16. The van der Waals surface area contributed by atoms with Crippen LogP contribution in [0.5, 0.6) is 0 Å². The van der Waals surface area contributed by atoms with Crippen molar-refractivity contribution >= 4 is 0 Å². The van der Waals surface area contributed by atoms with Gasteiger partial charge in [0.15, 0.2) is 0 Å². The second-order valence-corrected chi connectivity index (χ2v) is 4.43. The van der Waals surface area contributed by atoms with E-state index in [9.17, 15) is 0 Å². The molecule has 2 nitrogen and oxygen atoms in total. The van der Waals surface area contributed by atoms with Crippen LogP contribution in [-0.4, -0.2) is 24.0 Å². The molecule has 1 unspecified atom stereocenters. The second kappa shape index (κ2) is 4.11. The van der Waals surface area contributed by atoms with E-state index in [-0.39, 0.29) is 0 Å². The van der Waals surface area contributed by atoms with Gasteiger partial charge in [0.1, 0.15) is 0 Å². The van der Waals surface area contributed by atoms with Gasteiger partial charge in [-0.3, -0.25) is 0 Å². The van der Waals surface area contributed by atoms with E-state index in [0.29, 0.717) is 5.92 Å². The van der Waals surface area contributed by atoms with Crippen LogP contribution in [0.2, 0.25) is 0 Å². The van der Waals surface area contributed by atoms with Crippen molar-refractivity contribution in [1.82, 2.24) is 4.90 Å². The van der Waals surface area contributed by atoms with Crippen molar-refractivity contribution < 1.29 is 0 Å². The van der Waals surface area contributed by atoms with Crippen molar-refractivity contribution in [3.8, 4) is 6.07 Å². The summed E-state index contributed by atoms with van der Waals surface area (Å²) in [6, 6.07) is 3.22. The number of nitrogens with zero attached hydrogens (tertiary/aromatic N) is 2. The van der Waals surface area contributed by atoms with E-state index in [2.05, 4.69) is 11.0 Å². The summed E-state index contributed by atoms with van der Waals surface area (Å²) in [6.45, 7) is 2.53. The highest BCUT2D eigenvalue weighted by Crippen LogP contribution is 2.30. The van der Waals surface area contributed by atoms with E-state index >= 15 is 0 Å². The predicted molar refractivity (Wildman–Crippen MR) is 52.2 cm³/mol. The van der Waals surface area contributed by atoms with Crippen molar-refractivity contribution in [1.29, 1.82) is 5.26 Å². The first kappa shape index (κ1) is 9.02. The second-order valence-electron chi connectivity index (χ2n) is 4.43. The summed E-state index contributed by atoms with van der Waals surface area (Å²) in [6.07, 6.45) is 7.45. The first-order chi connectivity index (χ1) is 6.40. The molecule has 1 saturated heterocycles. The van der Waals surface area contributed by atoms with Crippen LogP contribution in [0.3, 0.4) is 0 Å². The molecule has 2 rings (SSSR count). The van der Waals surface area contributed by atoms with Crippen molar-refractivity contribution in [2.75, 3.05) is 13.1 Å². The molecule has 72 valence electrons. The van der Waals surface area contributed by atoms with Gasteiger partial charge >= 0.3 is 0 Å². The number of rotatable bonds is 2. The Morgan fingerprint density at radius 2 is 2.00 bits per heavy atom. The minimum Gasteiger partial charge on any atom is -0.300 e. The van der Waals surface area contributed by atoms with E-state index in [1.54, 1.807) is 0 Å². The minimum atomic E-state index is 0.689. The molecule has 0 aromatic heterocycles. The Labute approximate surface area is 80.5 Å². The zero-order chi connectivity index (χ0) is 9.10. The van der Waals surface area contributed by atoms with Gasteiger partial charge in [-0.15, -0.1) is 0 Å². The fourth-order valence-corrected chi connectivity index (χ4v) is 2.33. The Morgan fingerprint density at radius 1 is 1.15 bits per heavy atom. The van der Waals surface area contributed by atoms with E-state index in [1.165, 1.54) is 45.2 Å². The van der Waals surface area contributed by atoms with Crippen LogP contribution < -0.4 is 0 Å². The molecule has 0 aromatic carbocycles. The molecule has 1 aliphatic heterocycles. The molecular weight excluding hydrogens is 160 g/mol. The van der Waals surface area contributed by atoms with Crippen molar-refractivity contribution in [3.05, 3.63) is 0 Å². The highest BCUT2D eigenvalue weighted by atomic mass is 15.2. The maximum absolute atomic E-state index is 8.63. The first-order valence-corrected chi connectivity index (χ1v) is 5.51. The molecule has 1 aliphatic carbocycles. The van der Waals surface area contributed by atoms with Crippen LogP contribution >= 0.6 is 0 Å². The molecule has 2 heteroatoms. The zero-order valence-electron chi connectivity index (χ0n) is 8.21. The monoisotopic (exact) mass is 178 g/mol. The van der Waals surface area contributed by atoms with E-state index in [0.717, 1.165) is 12.5 Å². The Hall–Kier alpha value is -0.550. The maximum Gasteiger partial charge on any atom is 0.0624 e. The molecular formula is C11H18N2. The molecule has 2 fully saturated rings. The van der Waals surface area contributed by atoms with Crippen LogP contribution in [0.4, 0.5) is 0 Å². The largest absolute Gasteiger partial charge is 0.300 e. The van der Waals surface area contributed by atoms with Gasteiger partial charge in [0.05, 0.1) is 6.07 Å². The molecule has 0 radical (unpaired) electrons. The summed E-state index contributed by atoms with van der Waals surface area (Å²) in [7, 11) is 0. The van der Waals surface area contributed by atoms with Gasteiger partial charge in [0.2, 0.25) is 0 Å². The first-order valence-electron chi connectivity index (χ1n) is 5.51. The Morgan fingerprint density at radius 3 is 2.69 bits per heavy atom. The minimum absolute atomic E-state index is 0.689. The van der Waals surface area contributed by atoms with E-state index < -0.39 is 0 Å². The van der Waals surface area contributed by atoms with Crippen LogP contribution in [-0.2, 0) is 0 Å². The molecule has 13 heavy (non-hydrogen) atoms. The summed E-state index contributed by atoms with van der Waals surface area (Å²) in [4.78, 5) is 2.64. The average molecular weight is 178 g/mol. The fourth-order valence-electron chi connectivity index (χ4n) is 2.33. The molecule has 0 bridgehead atoms. The Bertz CT molecular complexity index is 203. The average Bonchev–Trinajstić information content (AvgIpc) is 2.89. The van der Waals surface area contributed by atoms with Gasteiger partial charge in [-0.25, -0.2) is 0 Å². The number of hydrogen-bond donors (Lipinski definition) is 0. The standard InChI is InChI=1S/C11H18N2/c12-7-5-10-2-1-8-13(9-6-10)11-3-4-11/h10-11H,1-6,8-9H2. The van der Waals surface area contributed by atoms with Crippen LogP contribution in [0.1, 0.15) is 38.5 Å². The van der Waals surface area contributed by atoms with Crippen LogP contribution in [0.15, 0.2) is 0 Å². The highest BCUT2D eigenvalue weighted by molar-refractivity contribution is 4.87. The lowest BCUT2D eigenvalue weighted by Crippen LogP contribution is -2.26. The maximum atomic E-state index is 8.63. The molecule has 0 spiro atoms. The smallest absolute Gasteiger partial charge is 0.0624 e. The molecule has 0 aromatic rings. The third-order valence-corrected chi connectivity index (χ3v) is 3.33. The molecule has 0 amide bonds. The normalized spacial score (nSPS) is 30.8. The van der Waals surface area contributed by atoms with E-state index in [4.69, 9.17) is 5.26 Å². The molecule has 0 N–H and O–H groups in total. The highest BCUT2D eigenvalue weighted by Gasteiger charge is 2.30. The Kier molecular flexibility index (Phi) is 2.85. The van der Waals surface area contributed by atoms with Gasteiger partial charge in [-0.2, -0.15) is 5.26 Å². The van der Waals surface area contributed by atoms with Crippen LogP contribution in [0, 0.1) is 17.2 Å². The SMILES string of the molecule is N#CCC1CCCN(C2CC2)CC1. The van der Waals surface area contributed by atoms with Gasteiger partial charge in [0.25, 0.3) is 0 Å². The van der Waals surface area contributed by atoms with Gasteiger partial charge < -0.3 is 4.90 Å². The van der Waals surface area contributed by atoms with Crippen molar-refractivity contribution in [3.63, 3.8) is 0 Å². The molecule has 1 saturated carbocycles. The summed E-state index contributed by atoms with van der Waals surface area (Å²) >= 11 is 0. The summed E-state index contributed by atoms with van der Waals surface area (Å²) < 4.78 is 0. The quantitative estimate of drug-likeness (QED) is 0.648. The van der Waals surface area contributed by atoms with Crippen LogP contribution in [0.25, 0.3) is 0 Å². The van der Waals surface area contributed by atoms with Gasteiger partial charge in [-0.05, 0) is 51.1 Å². The summed E-state index contributed by atoms with van der Waals surface area (Å²) in [5.74, 6) is 0.689. The molecule has 1 atom stereocenters. The lowest BCUT2D eigenvalue weighted by atomic mass is 9.98. The lowest BCUT2D eigenvalue weighted by molar-refractivity contribution is 0.271. The van der Waals surface area contributed by atoms with Gasteiger partial charge in [-0.1, -0.05) is 0 Å². The third-order valence-electron chi connectivity index (χ3n) is 3.33. The zero-order valence-corrected chi connectivity index (χ0v) is 8.21. The Balaban J connectivity index is 1.79. The lowest BCUT2D eigenvalue weighted by Gasteiger charge is -2.18. The number of likely N-dealkylation sites (tertiary alicyclic amines) is 1. The third kappa shape index (κ3) is 2.45. The number of nitriles is 1. The van der Waals surface area contributed by atoms with E-state index in [1.807, 2.05) is 0 Å². The fraction of sp³-hybridized carbons (Fsp3) is 0.909. The van der Waals surface area contributed by atoms with Gasteiger partial charge in [0, 0.05) is 12.5 Å². The summed E-state index contributed by atoms with van der Waals surface area (Å²) in [5, 5.41) is 8.63. The molecule has 1 heterocycles. The van der Waals surface area contributed by atoms with Crippen molar-refractivity contribution in [2.45, 2.75) is 44.6 Å².